The molecule has 0 aliphatic carbocycles. The highest BCUT2D eigenvalue weighted by Gasteiger charge is 2.10. The maximum Gasteiger partial charge on any atom is 0.159 e. The van der Waals surface area contributed by atoms with Crippen molar-refractivity contribution in [2.24, 2.45) is 0 Å². The number of carbonyl (C=O) groups excluding carboxylic acids is 1. The molecule has 0 saturated heterocycles. The van der Waals surface area contributed by atoms with Crippen LogP contribution in [0.1, 0.15) is 28.9 Å². The number of nitrogens with one attached hydrogen (secondary N) is 1. The monoisotopic (exact) mass is 353 g/mol. The molecule has 0 aliphatic heterocycles. The lowest BCUT2D eigenvalue weighted by Crippen LogP contribution is -1.90. The molecule has 0 unspecified atom stereocenters. The van der Waals surface area contributed by atoms with E-state index in [0.717, 1.165) is 16.6 Å². The summed E-state index contributed by atoms with van der Waals surface area (Å²) in [5.74, 6) is 1.74. The number of para-hydroxylation sites is 2. The summed E-state index contributed by atoms with van der Waals surface area (Å²) >= 11 is 0. The molecule has 5 heteroatoms. The van der Waals surface area contributed by atoms with Gasteiger partial charge in [0, 0.05) is 17.2 Å². The highest BCUT2D eigenvalue weighted by Crippen LogP contribution is 2.25. The number of allylic oxidation sites excluding steroid dienone is 1. The molecule has 5 nitrogen and oxygen atoms in total. The van der Waals surface area contributed by atoms with Crippen LogP contribution in [0, 0.1) is 11.3 Å². The number of H-pyrrole nitrogens is 1. The molecule has 2 aromatic heterocycles. The maximum absolute atomic E-state index is 11.4. The Hall–Kier alpha value is -3.91. The van der Waals surface area contributed by atoms with Crippen LogP contribution in [0.3, 0.4) is 0 Å². The number of rotatable bonds is 4. The summed E-state index contributed by atoms with van der Waals surface area (Å²) in [5, 5.41) is 9.52. The summed E-state index contributed by atoms with van der Waals surface area (Å²) in [6, 6.07) is 20.6. The van der Waals surface area contributed by atoms with Gasteiger partial charge in [-0.2, -0.15) is 5.26 Å². The van der Waals surface area contributed by atoms with Gasteiger partial charge in [0.25, 0.3) is 0 Å². The molecular weight excluding hydrogens is 338 g/mol. The number of nitriles is 1. The zero-order valence-corrected chi connectivity index (χ0v) is 14.6. The van der Waals surface area contributed by atoms with Crippen molar-refractivity contribution in [1.82, 2.24) is 9.97 Å². The Morgan fingerprint density at radius 2 is 1.89 bits per heavy atom. The van der Waals surface area contributed by atoms with Gasteiger partial charge in [0.15, 0.2) is 5.78 Å². The van der Waals surface area contributed by atoms with Gasteiger partial charge in [-0.05, 0) is 31.2 Å². The second-order valence-corrected chi connectivity index (χ2v) is 6.11. The lowest BCUT2D eigenvalue weighted by atomic mass is 10.1. The minimum atomic E-state index is 0.0223. The van der Waals surface area contributed by atoms with Crippen molar-refractivity contribution < 1.29 is 9.21 Å². The van der Waals surface area contributed by atoms with Crippen molar-refractivity contribution in [3.63, 3.8) is 0 Å². The smallest absolute Gasteiger partial charge is 0.159 e. The lowest BCUT2D eigenvalue weighted by Gasteiger charge is -1.99. The quantitative estimate of drug-likeness (QED) is 0.409. The van der Waals surface area contributed by atoms with Crippen LogP contribution in [-0.2, 0) is 0 Å². The molecule has 0 amide bonds. The summed E-state index contributed by atoms with van der Waals surface area (Å²) in [6.45, 7) is 1.53. The number of benzene rings is 2. The highest BCUT2D eigenvalue weighted by molar-refractivity contribution is 5.94. The molecule has 0 spiro atoms. The zero-order valence-electron chi connectivity index (χ0n) is 14.6. The second kappa shape index (κ2) is 6.77. The molecule has 27 heavy (non-hydrogen) atoms. The summed E-state index contributed by atoms with van der Waals surface area (Å²) in [4.78, 5) is 19.0. The minimum absolute atomic E-state index is 0.0223. The van der Waals surface area contributed by atoms with E-state index < -0.39 is 0 Å². The fourth-order valence-electron chi connectivity index (χ4n) is 2.83. The van der Waals surface area contributed by atoms with Gasteiger partial charge in [-0.1, -0.05) is 36.4 Å². The summed E-state index contributed by atoms with van der Waals surface area (Å²) in [7, 11) is 0. The van der Waals surface area contributed by atoms with E-state index in [9.17, 15) is 10.1 Å². The van der Waals surface area contributed by atoms with Gasteiger partial charge in [0.2, 0.25) is 0 Å². The van der Waals surface area contributed by atoms with Crippen LogP contribution in [0.15, 0.2) is 65.1 Å². The average Bonchev–Trinajstić information content (AvgIpc) is 3.33. The number of aromatic amines is 1. The van der Waals surface area contributed by atoms with E-state index >= 15 is 0 Å². The number of fused-ring (bicyclic) bond motifs is 1. The molecule has 0 radical (unpaired) electrons. The largest absolute Gasteiger partial charge is 0.457 e. The molecule has 2 heterocycles. The fraction of sp³-hybridized carbons (Fsp3) is 0.0455. The maximum atomic E-state index is 11.4. The predicted molar refractivity (Wildman–Crippen MR) is 104 cm³/mol. The van der Waals surface area contributed by atoms with Gasteiger partial charge in [-0.3, -0.25) is 4.79 Å². The standard InChI is InChI=1S/C22H15N3O2/c1-14(26)15-6-8-16(9-7-15)21-11-10-18(27-21)12-17(13-23)22-24-19-4-2-3-5-20(19)25-22/h2-12H,1H3,(H,24,25)/b17-12+. The van der Waals surface area contributed by atoms with E-state index in [-0.39, 0.29) is 5.78 Å². The number of hydrogen-bond donors (Lipinski definition) is 1. The number of carbonyl (C=O) groups is 1. The summed E-state index contributed by atoms with van der Waals surface area (Å²) < 4.78 is 5.84. The molecule has 4 rings (SSSR count). The van der Waals surface area contributed by atoms with E-state index in [2.05, 4.69) is 16.0 Å². The molecule has 0 atom stereocenters. The van der Waals surface area contributed by atoms with E-state index in [4.69, 9.17) is 4.42 Å². The Bertz CT molecular complexity index is 1170. The van der Waals surface area contributed by atoms with E-state index in [1.165, 1.54) is 6.92 Å². The van der Waals surface area contributed by atoms with Crippen molar-refractivity contribution in [3.05, 3.63) is 77.8 Å². The number of nitrogens with zero attached hydrogens (tertiary/aromatic N) is 2. The molecular formula is C22H15N3O2. The fourth-order valence-corrected chi connectivity index (χ4v) is 2.83. The van der Waals surface area contributed by atoms with Crippen LogP contribution >= 0.6 is 0 Å². The van der Waals surface area contributed by atoms with Crippen LogP contribution in [0.5, 0.6) is 0 Å². The van der Waals surface area contributed by atoms with Gasteiger partial charge >= 0.3 is 0 Å². The summed E-state index contributed by atoms with van der Waals surface area (Å²) in [5.41, 5.74) is 3.58. The van der Waals surface area contributed by atoms with Crippen LogP contribution < -0.4 is 0 Å². The molecule has 4 aromatic rings. The van der Waals surface area contributed by atoms with Crippen LogP contribution in [-0.4, -0.2) is 15.8 Å². The third-order valence-corrected chi connectivity index (χ3v) is 4.25. The van der Waals surface area contributed by atoms with E-state index in [1.807, 2.05) is 42.5 Å². The Balaban J connectivity index is 1.65. The first-order chi connectivity index (χ1) is 13.1. The van der Waals surface area contributed by atoms with Crippen molar-refractivity contribution >= 4 is 28.5 Å². The minimum Gasteiger partial charge on any atom is -0.457 e. The van der Waals surface area contributed by atoms with Crippen LogP contribution in [0.4, 0.5) is 0 Å². The third-order valence-electron chi connectivity index (χ3n) is 4.25. The Morgan fingerprint density at radius 1 is 1.11 bits per heavy atom. The van der Waals surface area contributed by atoms with E-state index in [0.29, 0.717) is 28.5 Å². The SMILES string of the molecule is CC(=O)c1ccc(-c2ccc(/C=C(\C#N)c3nc4ccccc4[nH]3)o2)cc1. The zero-order chi connectivity index (χ0) is 18.8. The first-order valence-electron chi connectivity index (χ1n) is 8.42. The van der Waals surface area contributed by atoms with Gasteiger partial charge in [-0.15, -0.1) is 0 Å². The first kappa shape index (κ1) is 16.6. The predicted octanol–water partition coefficient (Wildman–Crippen LogP) is 5.09. The molecule has 2 aromatic carbocycles. The van der Waals surface area contributed by atoms with Crippen LogP contribution in [0.2, 0.25) is 0 Å². The topological polar surface area (TPSA) is 82.7 Å². The highest BCUT2D eigenvalue weighted by atomic mass is 16.3. The van der Waals surface area contributed by atoms with Gasteiger partial charge in [0.05, 0.1) is 16.6 Å². The number of imidazole rings is 1. The lowest BCUT2D eigenvalue weighted by molar-refractivity contribution is 0.101. The number of ketones is 1. The average molecular weight is 353 g/mol. The Labute approximate surface area is 155 Å². The molecule has 0 bridgehead atoms. The number of Topliss-reactive ketones (excluding diaryl/α,β-unsaturated/α-hetero) is 1. The normalized spacial score (nSPS) is 11.5. The van der Waals surface area contributed by atoms with Crippen molar-refractivity contribution in [2.75, 3.05) is 0 Å². The van der Waals surface area contributed by atoms with E-state index in [1.54, 1.807) is 24.3 Å². The summed E-state index contributed by atoms with van der Waals surface area (Å²) in [6.07, 6.45) is 1.66. The Morgan fingerprint density at radius 3 is 2.59 bits per heavy atom. The molecule has 0 fully saturated rings. The van der Waals surface area contributed by atoms with Gasteiger partial charge in [-0.25, -0.2) is 4.98 Å². The molecule has 0 aliphatic rings. The molecule has 130 valence electrons. The number of furan rings is 1. The molecule has 1 N–H and O–H groups in total. The molecule has 0 saturated carbocycles. The van der Waals surface area contributed by atoms with Crippen molar-refractivity contribution in [2.45, 2.75) is 6.92 Å². The number of aromatic nitrogens is 2. The number of hydrogen-bond acceptors (Lipinski definition) is 4. The first-order valence-corrected chi connectivity index (χ1v) is 8.42. The second-order valence-electron chi connectivity index (χ2n) is 6.11. The van der Waals surface area contributed by atoms with Crippen molar-refractivity contribution in [3.8, 4) is 17.4 Å². The third kappa shape index (κ3) is 3.29. The Kier molecular flexibility index (Phi) is 4.15. The van der Waals surface area contributed by atoms with Crippen LogP contribution in [0.25, 0.3) is 34.0 Å². The van der Waals surface area contributed by atoms with Crippen molar-refractivity contribution in [1.29, 1.82) is 5.26 Å². The van der Waals surface area contributed by atoms with Gasteiger partial charge < -0.3 is 9.40 Å². The van der Waals surface area contributed by atoms with Gasteiger partial charge in [0.1, 0.15) is 23.4 Å².